The zero-order valence-electron chi connectivity index (χ0n) is 17.6. The fourth-order valence-electron chi connectivity index (χ4n) is 4.44. The molecule has 0 saturated heterocycles. The molecule has 0 aliphatic heterocycles. The van der Waals surface area contributed by atoms with Gasteiger partial charge in [0.2, 0.25) is 5.91 Å². The third-order valence-corrected chi connectivity index (χ3v) is 7.86. The van der Waals surface area contributed by atoms with Crippen molar-refractivity contribution >= 4 is 26.6 Å². The molecule has 0 bridgehead atoms. The van der Waals surface area contributed by atoms with E-state index in [1.165, 1.54) is 24.6 Å². The maximum Gasteiger partial charge on any atom is 0.242 e. The molecule has 0 unspecified atom stereocenters. The lowest BCUT2D eigenvalue weighted by molar-refractivity contribution is -0.133. The second-order valence-electron chi connectivity index (χ2n) is 8.32. The van der Waals surface area contributed by atoms with Gasteiger partial charge in [-0.1, -0.05) is 49.6 Å². The number of benzene rings is 2. The van der Waals surface area contributed by atoms with Crippen LogP contribution in [-0.2, 0) is 26.9 Å². The van der Waals surface area contributed by atoms with Crippen molar-refractivity contribution in [2.24, 2.45) is 0 Å². The fourth-order valence-corrected chi connectivity index (χ4v) is 6.01. The van der Waals surface area contributed by atoms with Crippen LogP contribution in [0.1, 0.15) is 37.7 Å². The summed E-state index contributed by atoms with van der Waals surface area (Å²) in [6, 6.07) is 13.1. The molecule has 2 aromatic carbocycles. The molecule has 5 nitrogen and oxygen atoms in total. The Labute approximate surface area is 182 Å². The molecule has 1 aliphatic rings. The summed E-state index contributed by atoms with van der Waals surface area (Å²) in [6.45, 7) is 0.0863. The van der Waals surface area contributed by atoms with Gasteiger partial charge in [0.15, 0.2) is 9.84 Å². The Kier molecular flexibility index (Phi) is 6.14. The van der Waals surface area contributed by atoms with Gasteiger partial charge >= 0.3 is 0 Å². The van der Waals surface area contributed by atoms with E-state index in [2.05, 4.69) is 0 Å². The van der Waals surface area contributed by atoms with Crippen LogP contribution in [0, 0.1) is 5.82 Å². The van der Waals surface area contributed by atoms with Crippen LogP contribution < -0.4 is 0 Å². The Morgan fingerprint density at radius 3 is 2.58 bits per heavy atom. The number of hydrogen-bond acceptors (Lipinski definition) is 3. The van der Waals surface area contributed by atoms with E-state index in [0.717, 1.165) is 25.7 Å². The quantitative estimate of drug-likeness (QED) is 0.563. The van der Waals surface area contributed by atoms with Crippen LogP contribution >= 0.6 is 0 Å². The first-order valence-corrected chi connectivity index (χ1v) is 12.3. The van der Waals surface area contributed by atoms with Crippen molar-refractivity contribution in [3.8, 4) is 0 Å². The van der Waals surface area contributed by atoms with E-state index in [4.69, 9.17) is 0 Å². The van der Waals surface area contributed by atoms with Crippen molar-refractivity contribution in [2.75, 3.05) is 7.05 Å². The number of hydrogen-bond donors (Lipinski definition) is 0. The van der Waals surface area contributed by atoms with Crippen molar-refractivity contribution in [3.05, 3.63) is 66.1 Å². The molecular weight excluding hydrogens is 415 g/mol. The maximum atomic E-state index is 13.5. The van der Waals surface area contributed by atoms with E-state index in [-0.39, 0.29) is 29.1 Å². The standard InChI is InChI=1S/C24H27FN2O3S/c1-26(20-10-3-2-4-11-20)24(28)16-27-15-23(21-12-5-6-13-22(21)27)31(29,30)17-18-8-7-9-19(25)14-18/h5-9,12-15,20H,2-4,10-11,16-17H2,1H3. The van der Waals surface area contributed by atoms with Crippen LogP contribution in [0.25, 0.3) is 10.9 Å². The lowest BCUT2D eigenvalue weighted by Crippen LogP contribution is -2.40. The number of sulfone groups is 1. The number of para-hydroxylation sites is 1. The minimum atomic E-state index is -3.72. The van der Waals surface area contributed by atoms with Gasteiger partial charge in [0.25, 0.3) is 0 Å². The molecule has 0 N–H and O–H groups in total. The predicted octanol–water partition coefficient (Wildman–Crippen LogP) is 4.55. The molecule has 4 rings (SSSR count). The van der Waals surface area contributed by atoms with Crippen molar-refractivity contribution in [1.29, 1.82) is 0 Å². The first-order valence-electron chi connectivity index (χ1n) is 10.7. The zero-order chi connectivity index (χ0) is 22.0. The number of rotatable bonds is 6. The third kappa shape index (κ3) is 4.66. The number of carbonyl (C=O) groups is 1. The molecule has 1 fully saturated rings. The Morgan fingerprint density at radius 2 is 1.84 bits per heavy atom. The van der Waals surface area contributed by atoms with E-state index in [1.807, 2.05) is 24.1 Å². The van der Waals surface area contributed by atoms with Crippen LogP contribution in [0.2, 0.25) is 0 Å². The zero-order valence-corrected chi connectivity index (χ0v) is 18.4. The van der Waals surface area contributed by atoms with Crippen molar-refractivity contribution in [2.45, 2.75) is 55.3 Å². The predicted molar refractivity (Wildman–Crippen MR) is 119 cm³/mol. The van der Waals surface area contributed by atoms with E-state index in [9.17, 15) is 17.6 Å². The van der Waals surface area contributed by atoms with Crippen molar-refractivity contribution < 1.29 is 17.6 Å². The smallest absolute Gasteiger partial charge is 0.242 e. The molecule has 1 amide bonds. The van der Waals surface area contributed by atoms with Crippen LogP contribution in [0.4, 0.5) is 4.39 Å². The van der Waals surface area contributed by atoms with E-state index in [0.29, 0.717) is 16.5 Å². The van der Waals surface area contributed by atoms with Gasteiger partial charge in [-0.2, -0.15) is 0 Å². The number of nitrogens with zero attached hydrogens (tertiary/aromatic N) is 2. The summed E-state index contributed by atoms with van der Waals surface area (Å²) in [5, 5.41) is 0.576. The molecule has 164 valence electrons. The second-order valence-corrected chi connectivity index (χ2v) is 10.3. The van der Waals surface area contributed by atoms with Crippen LogP contribution in [0.15, 0.2) is 59.6 Å². The first kappa shape index (κ1) is 21.6. The first-order chi connectivity index (χ1) is 14.8. The highest BCUT2D eigenvalue weighted by Crippen LogP contribution is 2.29. The van der Waals surface area contributed by atoms with E-state index in [1.54, 1.807) is 29.0 Å². The molecule has 1 aromatic heterocycles. The highest BCUT2D eigenvalue weighted by molar-refractivity contribution is 7.90. The van der Waals surface area contributed by atoms with Crippen LogP contribution in [0.5, 0.6) is 0 Å². The van der Waals surface area contributed by atoms with E-state index >= 15 is 0 Å². The molecule has 3 aromatic rings. The Morgan fingerprint density at radius 1 is 1.10 bits per heavy atom. The minimum Gasteiger partial charge on any atom is -0.341 e. The average Bonchev–Trinajstić information content (AvgIpc) is 3.13. The lowest BCUT2D eigenvalue weighted by atomic mass is 9.94. The molecule has 1 heterocycles. The number of halogens is 1. The number of fused-ring (bicyclic) bond motifs is 1. The van der Waals surface area contributed by atoms with Crippen molar-refractivity contribution in [1.82, 2.24) is 9.47 Å². The van der Waals surface area contributed by atoms with Gasteiger partial charge in [0.05, 0.1) is 10.6 Å². The van der Waals surface area contributed by atoms with Gasteiger partial charge in [0.1, 0.15) is 12.4 Å². The van der Waals surface area contributed by atoms with Crippen LogP contribution in [-0.4, -0.2) is 36.9 Å². The minimum absolute atomic E-state index is 0.0262. The Hall–Kier alpha value is -2.67. The molecule has 0 atom stereocenters. The SMILES string of the molecule is CN(C(=O)Cn1cc(S(=O)(=O)Cc2cccc(F)c2)c2ccccc21)C1CCCCC1. The molecule has 1 saturated carbocycles. The summed E-state index contributed by atoms with van der Waals surface area (Å²) < 4.78 is 41.6. The van der Waals surface area contributed by atoms with Gasteiger partial charge in [-0.25, -0.2) is 12.8 Å². The monoisotopic (exact) mass is 442 g/mol. The maximum absolute atomic E-state index is 13.5. The number of likely N-dealkylation sites (N-methyl/N-ethyl adjacent to an activating group) is 1. The highest BCUT2D eigenvalue weighted by atomic mass is 32.2. The van der Waals surface area contributed by atoms with Gasteiger partial charge < -0.3 is 9.47 Å². The fraction of sp³-hybridized carbons (Fsp3) is 0.375. The van der Waals surface area contributed by atoms with Gasteiger partial charge in [-0.15, -0.1) is 0 Å². The van der Waals surface area contributed by atoms with Gasteiger partial charge in [-0.3, -0.25) is 4.79 Å². The van der Waals surface area contributed by atoms with Gasteiger partial charge in [0, 0.05) is 30.2 Å². The molecular formula is C24H27FN2O3S. The largest absolute Gasteiger partial charge is 0.341 e. The summed E-state index contributed by atoms with van der Waals surface area (Å²) in [6.07, 6.45) is 7.07. The van der Waals surface area contributed by atoms with Crippen LogP contribution in [0.3, 0.4) is 0 Å². The summed E-state index contributed by atoms with van der Waals surface area (Å²) in [5.41, 5.74) is 1.09. The highest BCUT2D eigenvalue weighted by Gasteiger charge is 2.25. The number of carbonyl (C=O) groups excluding carboxylic acids is 1. The Balaban J connectivity index is 1.63. The summed E-state index contributed by atoms with van der Waals surface area (Å²) in [7, 11) is -1.89. The second kappa shape index (κ2) is 8.83. The summed E-state index contributed by atoms with van der Waals surface area (Å²) in [4.78, 5) is 14.9. The Bertz CT molecular complexity index is 1200. The molecule has 31 heavy (non-hydrogen) atoms. The average molecular weight is 443 g/mol. The third-order valence-electron chi connectivity index (χ3n) is 6.15. The summed E-state index contributed by atoms with van der Waals surface area (Å²) in [5.74, 6) is -0.789. The lowest BCUT2D eigenvalue weighted by Gasteiger charge is -2.31. The summed E-state index contributed by atoms with van der Waals surface area (Å²) >= 11 is 0. The molecule has 0 radical (unpaired) electrons. The van der Waals surface area contributed by atoms with E-state index < -0.39 is 15.7 Å². The number of aromatic nitrogens is 1. The molecule has 0 spiro atoms. The normalized spacial score (nSPS) is 15.3. The number of amides is 1. The van der Waals surface area contributed by atoms with Crippen molar-refractivity contribution in [3.63, 3.8) is 0 Å². The topological polar surface area (TPSA) is 59.4 Å². The molecule has 7 heteroatoms. The molecule has 1 aliphatic carbocycles. The van der Waals surface area contributed by atoms with Gasteiger partial charge in [-0.05, 0) is 36.6 Å².